The van der Waals surface area contributed by atoms with Gasteiger partial charge in [-0.3, -0.25) is 15.2 Å². The van der Waals surface area contributed by atoms with Crippen molar-refractivity contribution >= 4 is 11.6 Å². The lowest BCUT2D eigenvalue weighted by molar-refractivity contribution is -0.119. The summed E-state index contributed by atoms with van der Waals surface area (Å²) in [6, 6.07) is 8.43. The minimum atomic E-state index is 0.117. The van der Waals surface area contributed by atoms with Crippen LogP contribution in [0.5, 0.6) is 0 Å². The van der Waals surface area contributed by atoms with Crippen LogP contribution in [0, 0.1) is 0 Å². The average Bonchev–Trinajstić information content (AvgIpc) is 2.86. The lowest BCUT2D eigenvalue weighted by Crippen LogP contribution is -2.35. The van der Waals surface area contributed by atoms with Crippen molar-refractivity contribution in [3.8, 4) is 0 Å². The van der Waals surface area contributed by atoms with E-state index in [1.165, 1.54) is 18.4 Å². The molecule has 2 heterocycles. The summed E-state index contributed by atoms with van der Waals surface area (Å²) in [6.45, 7) is 2.94. The summed E-state index contributed by atoms with van der Waals surface area (Å²) in [5.74, 6) is 0.680. The molecule has 0 spiro atoms. The first-order valence-electron chi connectivity index (χ1n) is 6.71. The van der Waals surface area contributed by atoms with Gasteiger partial charge in [0.15, 0.2) is 0 Å². The second kappa shape index (κ2) is 4.98. The Morgan fingerprint density at radius 1 is 1.28 bits per heavy atom. The fourth-order valence-corrected chi connectivity index (χ4v) is 2.85. The molecule has 96 valence electrons. The number of nitrogens with one attached hydrogen (secondary N) is 2. The molecule has 0 radical (unpaired) electrons. The Morgan fingerprint density at radius 3 is 2.89 bits per heavy atom. The largest absolute Gasteiger partial charge is 0.316 e. The molecule has 2 fully saturated rings. The lowest BCUT2D eigenvalue weighted by Gasteiger charge is -2.28. The van der Waals surface area contributed by atoms with Crippen molar-refractivity contribution in [3.05, 3.63) is 29.8 Å². The van der Waals surface area contributed by atoms with Gasteiger partial charge in [-0.15, -0.1) is 0 Å². The fourth-order valence-electron chi connectivity index (χ4n) is 2.85. The number of benzene rings is 1. The molecule has 0 aromatic heterocycles. The SMILES string of the molecule is O=C1CCN(c2ccccc2C2CCCNC2)N1. The van der Waals surface area contributed by atoms with E-state index in [0.717, 1.165) is 25.3 Å². The van der Waals surface area contributed by atoms with Gasteiger partial charge >= 0.3 is 0 Å². The average molecular weight is 245 g/mol. The van der Waals surface area contributed by atoms with Crippen LogP contribution in [-0.2, 0) is 4.79 Å². The predicted molar refractivity (Wildman–Crippen MR) is 71.4 cm³/mol. The molecule has 0 saturated carbocycles. The normalized spacial score (nSPS) is 24.1. The second-order valence-corrected chi connectivity index (χ2v) is 5.04. The van der Waals surface area contributed by atoms with Crippen molar-refractivity contribution in [1.29, 1.82) is 0 Å². The number of carbonyl (C=O) groups is 1. The molecule has 2 N–H and O–H groups in total. The summed E-state index contributed by atoms with van der Waals surface area (Å²) in [7, 11) is 0. The highest BCUT2D eigenvalue weighted by molar-refractivity contribution is 5.82. The van der Waals surface area contributed by atoms with Crippen molar-refractivity contribution in [3.63, 3.8) is 0 Å². The smallest absolute Gasteiger partial charge is 0.240 e. The fraction of sp³-hybridized carbons (Fsp3) is 0.500. The van der Waals surface area contributed by atoms with E-state index in [2.05, 4.69) is 28.9 Å². The summed E-state index contributed by atoms with van der Waals surface area (Å²) in [6.07, 6.45) is 3.05. The Kier molecular flexibility index (Phi) is 3.19. The van der Waals surface area contributed by atoms with Crippen molar-refractivity contribution < 1.29 is 4.79 Å². The van der Waals surface area contributed by atoms with E-state index in [0.29, 0.717) is 12.3 Å². The highest BCUT2D eigenvalue weighted by Crippen LogP contribution is 2.31. The molecule has 18 heavy (non-hydrogen) atoms. The molecule has 3 rings (SSSR count). The van der Waals surface area contributed by atoms with Crippen LogP contribution in [-0.4, -0.2) is 25.5 Å². The zero-order valence-corrected chi connectivity index (χ0v) is 10.5. The van der Waals surface area contributed by atoms with Crippen LogP contribution >= 0.6 is 0 Å². The van der Waals surface area contributed by atoms with Gasteiger partial charge in [-0.05, 0) is 36.9 Å². The Morgan fingerprint density at radius 2 is 2.17 bits per heavy atom. The zero-order valence-electron chi connectivity index (χ0n) is 10.5. The quantitative estimate of drug-likeness (QED) is 0.827. The Balaban J connectivity index is 1.87. The van der Waals surface area contributed by atoms with Gasteiger partial charge in [0.2, 0.25) is 5.91 Å². The third-order valence-corrected chi connectivity index (χ3v) is 3.79. The van der Waals surface area contributed by atoms with Crippen molar-refractivity contribution in [2.45, 2.75) is 25.2 Å². The maximum absolute atomic E-state index is 11.3. The topological polar surface area (TPSA) is 44.4 Å². The van der Waals surface area contributed by atoms with Gasteiger partial charge in [-0.25, -0.2) is 0 Å². The van der Waals surface area contributed by atoms with Crippen LogP contribution in [0.3, 0.4) is 0 Å². The molecule has 1 aromatic rings. The molecular weight excluding hydrogens is 226 g/mol. The lowest BCUT2D eigenvalue weighted by atomic mass is 9.90. The highest BCUT2D eigenvalue weighted by atomic mass is 16.2. The number of hydrazine groups is 1. The minimum Gasteiger partial charge on any atom is -0.316 e. The van der Waals surface area contributed by atoms with Crippen LogP contribution in [0.25, 0.3) is 0 Å². The molecule has 4 heteroatoms. The maximum atomic E-state index is 11.3. The van der Waals surface area contributed by atoms with Gasteiger partial charge in [0, 0.05) is 19.5 Å². The molecular formula is C14H19N3O. The van der Waals surface area contributed by atoms with Crippen molar-refractivity contribution in [1.82, 2.24) is 10.7 Å². The zero-order chi connectivity index (χ0) is 12.4. The molecule has 2 aliphatic heterocycles. The van der Waals surface area contributed by atoms with Crippen LogP contribution in [0.15, 0.2) is 24.3 Å². The number of piperidine rings is 1. The summed E-state index contributed by atoms with van der Waals surface area (Å²) >= 11 is 0. The number of para-hydroxylation sites is 1. The number of hydrogen-bond acceptors (Lipinski definition) is 3. The molecule has 0 bridgehead atoms. The highest BCUT2D eigenvalue weighted by Gasteiger charge is 2.24. The number of carbonyl (C=O) groups excluding carboxylic acids is 1. The third-order valence-electron chi connectivity index (χ3n) is 3.79. The summed E-state index contributed by atoms with van der Waals surface area (Å²) < 4.78 is 0. The monoisotopic (exact) mass is 245 g/mol. The van der Waals surface area contributed by atoms with Gasteiger partial charge < -0.3 is 5.32 Å². The summed E-state index contributed by atoms with van der Waals surface area (Å²) in [5, 5.41) is 5.45. The minimum absolute atomic E-state index is 0.117. The first-order valence-corrected chi connectivity index (χ1v) is 6.71. The van der Waals surface area contributed by atoms with E-state index in [4.69, 9.17) is 0 Å². The van der Waals surface area contributed by atoms with E-state index in [-0.39, 0.29) is 5.91 Å². The van der Waals surface area contributed by atoms with Gasteiger partial charge in [0.05, 0.1) is 5.69 Å². The van der Waals surface area contributed by atoms with E-state index < -0.39 is 0 Å². The van der Waals surface area contributed by atoms with Crippen LogP contribution < -0.4 is 15.8 Å². The van der Waals surface area contributed by atoms with Gasteiger partial charge in [0.1, 0.15) is 0 Å². The van der Waals surface area contributed by atoms with E-state index >= 15 is 0 Å². The molecule has 4 nitrogen and oxygen atoms in total. The van der Waals surface area contributed by atoms with E-state index in [9.17, 15) is 4.79 Å². The molecule has 0 aliphatic carbocycles. The summed E-state index contributed by atoms with van der Waals surface area (Å²) in [5.41, 5.74) is 5.44. The number of hydrogen-bond donors (Lipinski definition) is 2. The molecule has 1 amide bonds. The molecule has 1 aromatic carbocycles. The van der Waals surface area contributed by atoms with Gasteiger partial charge in [-0.2, -0.15) is 0 Å². The number of rotatable bonds is 2. The number of nitrogens with zero attached hydrogens (tertiary/aromatic N) is 1. The number of amides is 1. The summed E-state index contributed by atoms with van der Waals surface area (Å²) in [4.78, 5) is 11.3. The van der Waals surface area contributed by atoms with Crippen LogP contribution in [0.1, 0.15) is 30.7 Å². The van der Waals surface area contributed by atoms with Gasteiger partial charge in [-0.1, -0.05) is 18.2 Å². The third kappa shape index (κ3) is 2.20. The standard InChI is InChI=1S/C14H19N3O/c18-14-7-9-17(16-14)13-6-2-1-5-12(13)11-4-3-8-15-10-11/h1-2,5-6,11,15H,3-4,7-10H2,(H,16,18). The molecule has 1 unspecified atom stereocenters. The van der Waals surface area contributed by atoms with Gasteiger partial charge in [0.25, 0.3) is 0 Å². The Bertz CT molecular complexity index is 440. The second-order valence-electron chi connectivity index (χ2n) is 5.04. The van der Waals surface area contributed by atoms with Crippen molar-refractivity contribution in [2.75, 3.05) is 24.6 Å². The van der Waals surface area contributed by atoms with Crippen LogP contribution in [0.4, 0.5) is 5.69 Å². The maximum Gasteiger partial charge on any atom is 0.240 e. The van der Waals surface area contributed by atoms with E-state index in [1.54, 1.807) is 0 Å². The number of anilines is 1. The molecule has 1 atom stereocenters. The predicted octanol–water partition coefficient (Wildman–Crippen LogP) is 1.39. The Hall–Kier alpha value is -1.55. The Labute approximate surface area is 107 Å². The van der Waals surface area contributed by atoms with E-state index in [1.807, 2.05) is 11.1 Å². The molecule has 2 aliphatic rings. The molecule has 2 saturated heterocycles. The first-order chi connectivity index (χ1) is 8.84. The van der Waals surface area contributed by atoms with Crippen LogP contribution in [0.2, 0.25) is 0 Å². The first kappa shape index (κ1) is 11.5. The van der Waals surface area contributed by atoms with Crippen molar-refractivity contribution in [2.24, 2.45) is 0 Å².